The third kappa shape index (κ3) is 4.22. The summed E-state index contributed by atoms with van der Waals surface area (Å²) in [6.45, 7) is 0.993. The number of nitro benzene ring substituents is 1. The maximum atomic E-state index is 13.4. The second kappa shape index (κ2) is 6.82. The number of carbonyl (C=O) groups is 1. The molecule has 1 amide bonds. The molecule has 8 heteroatoms. The van der Waals surface area contributed by atoms with E-state index < -0.39 is 34.8 Å². The normalized spacial score (nSPS) is 10.2. The van der Waals surface area contributed by atoms with E-state index in [1.54, 1.807) is 6.92 Å². The second-order valence-electron chi connectivity index (χ2n) is 4.67. The largest absolute Gasteiger partial charge is 0.477 e. The summed E-state index contributed by atoms with van der Waals surface area (Å²) >= 11 is 0. The van der Waals surface area contributed by atoms with Crippen molar-refractivity contribution in [2.45, 2.75) is 6.92 Å². The van der Waals surface area contributed by atoms with Crippen molar-refractivity contribution in [1.82, 2.24) is 0 Å². The van der Waals surface area contributed by atoms with Crippen molar-refractivity contribution in [2.75, 3.05) is 11.9 Å². The Morgan fingerprint density at radius 3 is 2.65 bits per heavy atom. The Balaban J connectivity index is 2.03. The third-order valence-electron chi connectivity index (χ3n) is 2.93. The number of nitrogens with one attached hydrogen (secondary N) is 1. The molecule has 0 atom stereocenters. The number of aryl methyl sites for hydroxylation is 1. The van der Waals surface area contributed by atoms with Gasteiger partial charge >= 0.3 is 5.69 Å². The van der Waals surface area contributed by atoms with E-state index in [-0.39, 0.29) is 11.4 Å². The van der Waals surface area contributed by atoms with Gasteiger partial charge in [-0.15, -0.1) is 0 Å². The molecule has 0 fully saturated rings. The van der Waals surface area contributed by atoms with Gasteiger partial charge in [0, 0.05) is 17.8 Å². The van der Waals surface area contributed by atoms with Gasteiger partial charge in [0.15, 0.2) is 6.61 Å². The van der Waals surface area contributed by atoms with Crippen LogP contribution in [0.25, 0.3) is 0 Å². The van der Waals surface area contributed by atoms with E-state index in [1.807, 2.05) is 0 Å². The molecule has 120 valence electrons. The fourth-order valence-corrected chi connectivity index (χ4v) is 1.77. The quantitative estimate of drug-likeness (QED) is 0.677. The number of nitro groups is 1. The molecule has 0 aromatic heterocycles. The summed E-state index contributed by atoms with van der Waals surface area (Å²) in [5, 5.41) is 13.2. The molecule has 0 bridgehead atoms. The van der Waals surface area contributed by atoms with Crippen LogP contribution in [0.1, 0.15) is 5.56 Å². The first kappa shape index (κ1) is 16.3. The highest BCUT2D eigenvalue weighted by Crippen LogP contribution is 2.27. The first-order valence-corrected chi connectivity index (χ1v) is 6.49. The Kier molecular flexibility index (Phi) is 4.85. The number of carbonyl (C=O) groups excluding carboxylic acids is 1. The average Bonchev–Trinajstić information content (AvgIpc) is 2.48. The number of amides is 1. The van der Waals surface area contributed by atoms with Gasteiger partial charge in [-0.2, -0.15) is 0 Å². The summed E-state index contributed by atoms with van der Waals surface area (Å²) < 4.78 is 31.5. The zero-order chi connectivity index (χ0) is 17.0. The van der Waals surface area contributed by atoms with Crippen molar-refractivity contribution in [3.8, 4) is 5.75 Å². The van der Waals surface area contributed by atoms with Crippen molar-refractivity contribution >= 4 is 17.3 Å². The summed E-state index contributed by atoms with van der Waals surface area (Å²) in [4.78, 5) is 21.8. The molecule has 2 aromatic rings. The number of rotatable bonds is 5. The van der Waals surface area contributed by atoms with Crippen LogP contribution in [0.15, 0.2) is 36.4 Å². The van der Waals surface area contributed by atoms with Gasteiger partial charge in [-0.1, -0.05) is 6.07 Å². The Labute approximate surface area is 129 Å². The fourth-order valence-electron chi connectivity index (χ4n) is 1.77. The van der Waals surface area contributed by atoms with Crippen molar-refractivity contribution in [2.24, 2.45) is 0 Å². The summed E-state index contributed by atoms with van der Waals surface area (Å²) in [5.41, 5.74) is 0.186. The lowest BCUT2D eigenvalue weighted by Gasteiger charge is -2.08. The Hall–Kier alpha value is -3.03. The summed E-state index contributed by atoms with van der Waals surface area (Å²) in [6, 6.07) is 6.80. The summed E-state index contributed by atoms with van der Waals surface area (Å²) in [5.74, 6) is -2.23. The van der Waals surface area contributed by atoms with Gasteiger partial charge < -0.3 is 10.1 Å². The van der Waals surface area contributed by atoms with Crippen LogP contribution in [0, 0.1) is 28.7 Å². The maximum Gasteiger partial charge on any atom is 0.311 e. The molecule has 0 aliphatic carbocycles. The van der Waals surface area contributed by atoms with Gasteiger partial charge in [0.25, 0.3) is 5.91 Å². The Bertz CT molecular complexity index is 765. The molecular weight excluding hydrogens is 310 g/mol. The molecule has 6 nitrogen and oxygen atoms in total. The van der Waals surface area contributed by atoms with E-state index in [1.165, 1.54) is 12.1 Å². The van der Waals surface area contributed by atoms with Crippen LogP contribution in [-0.2, 0) is 4.79 Å². The molecule has 1 N–H and O–H groups in total. The smallest absolute Gasteiger partial charge is 0.311 e. The SMILES string of the molecule is Cc1ccc(NC(=O)COc2cc(F)ccc2[N+](=O)[O-])cc1F. The standard InChI is InChI=1S/C15H12F2N2O4/c1-9-2-4-11(7-12(9)17)18-15(20)8-23-14-6-10(16)3-5-13(14)19(21)22/h2-7H,8H2,1H3,(H,18,20). The molecule has 0 heterocycles. The van der Waals surface area contributed by atoms with E-state index in [0.29, 0.717) is 5.56 Å². The lowest BCUT2D eigenvalue weighted by Crippen LogP contribution is -2.20. The van der Waals surface area contributed by atoms with E-state index in [9.17, 15) is 23.7 Å². The number of halogens is 2. The first-order chi connectivity index (χ1) is 10.9. The molecule has 0 unspecified atom stereocenters. The number of anilines is 1. The fraction of sp³-hybridized carbons (Fsp3) is 0.133. The molecule has 2 aromatic carbocycles. The number of ether oxygens (including phenoxy) is 1. The second-order valence-corrected chi connectivity index (χ2v) is 4.67. The molecule has 2 rings (SSSR count). The van der Waals surface area contributed by atoms with Crippen LogP contribution < -0.4 is 10.1 Å². The van der Waals surface area contributed by atoms with Crippen LogP contribution >= 0.6 is 0 Å². The first-order valence-electron chi connectivity index (χ1n) is 6.49. The Morgan fingerprint density at radius 1 is 1.26 bits per heavy atom. The molecule has 0 aliphatic rings. The van der Waals surface area contributed by atoms with Crippen LogP contribution in [0.5, 0.6) is 5.75 Å². The van der Waals surface area contributed by atoms with Crippen molar-refractivity contribution in [3.63, 3.8) is 0 Å². The maximum absolute atomic E-state index is 13.4. The van der Waals surface area contributed by atoms with Crippen LogP contribution in [-0.4, -0.2) is 17.4 Å². The zero-order valence-corrected chi connectivity index (χ0v) is 12.0. The zero-order valence-electron chi connectivity index (χ0n) is 12.0. The van der Waals surface area contributed by atoms with Crippen LogP contribution in [0.2, 0.25) is 0 Å². The minimum absolute atomic E-state index is 0.218. The van der Waals surface area contributed by atoms with Crippen molar-refractivity contribution < 1.29 is 23.2 Å². The highest BCUT2D eigenvalue weighted by molar-refractivity contribution is 5.91. The van der Waals surface area contributed by atoms with Gasteiger partial charge in [-0.25, -0.2) is 8.78 Å². The lowest BCUT2D eigenvalue weighted by molar-refractivity contribution is -0.385. The molecule has 0 spiro atoms. The molecule has 0 aliphatic heterocycles. The van der Waals surface area contributed by atoms with Gasteiger partial charge in [0.2, 0.25) is 5.75 Å². The Morgan fingerprint density at radius 2 is 2.00 bits per heavy atom. The van der Waals surface area contributed by atoms with E-state index in [2.05, 4.69) is 5.32 Å². The van der Waals surface area contributed by atoms with Gasteiger partial charge in [-0.05, 0) is 30.7 Å². The number of nitrogens with zero attached hydrogens (tertiary/aromatic N) is 1. The minimum atomic E-state index is -0.748. The molecule has 0 radical (unpaired) electrons. The summed E-state index contributed by atoms with van der Waals surface area (Å²) in [6.07, 6.45) is 0. The van der Waals surface area contributed by atoms with Gasteiger partial charge in [0.1, 0.15) is 11.6 Å². The van der Waals surface area contributed by atoms with E-state index in [0.717, 1.165) is 24.3 Å². The van der Waals surface area contributed by atoms with E-state index >= 15 is 0 Å². The number of benzene rings is 2. The highest BCUT2D eigenvalue weighted by Gasteiger charge is 2.17. The highest BCUT2D eigenvalue weighted by atomic mass is 19.1. The van der Waals surface area contributed by atoms with Gasteiger partial charge in [-0.3, -0.25) is 14.9 Å². The predicted molar refractivity (Wildman–Crippen MR) is 78.3 cm³/mol. The summed E-state index contributed by atoms with van der Waals surface area (Å²) in [7, 11) is 0. The number of hydrogen-bond donors (Lipinski definition) is 1. The molecule has 0 saturated heterocycles. The third-order valence-corrected chi connectivity index (χ3v) is 2.93. The minimum Gasteiger partial charge on any atom is -0.477 e. The monoisotopic (exact) mass is 322 g/mol. The van der Waals surface area contributed by atoms with Crippen LogP contribution in [0.4, 0.5) is 20.2 Å². The number of hydrogen-bond acceptors (Lipinski definition) is 4. The molecule has 23 heavy (non-hydrogen) atoms. The van der Waals surface area contributed by atoms with Crippen molar-refractivity contribution in [1.29, 1.82) is 0 Å². The molecular formula is C15H12F2N2O4. The van der Waals surface area contributed by atoms with Crippen molar-refractivity contribution in [3.05, 3.63) is 63.7 Å². The van der Waals surface area contributed by atoms with E-state index in [4.69, 9.17) is 4.74 Å². The van der Waals surface area contributed by atoms with Crippen LogP contribution in [0.3, 0.4) is 0 Å². The lowest BCUT2D eigenvalue weighted by atomic mass is 10.2. The molecule has 0 saturated carbocycles. The average molecular weight is 322 g/mol. The predicted octanol–water partition coefficient (Wildman–Crippen LogP) is 3.20. The van der Waals surface area contributed by atoms with Gasteiger partial charge in [0.05, 0.1) is 4.92 Å². The topological polar surface area (TPSA) is 81.5 Å².